The summed E-state index contributed by atoms with van der Waals surface area (Å²) in [5.41, 5.74) is 0. The summed E-state index contributed by atoms with van der Waals surface area (Å²) in [6.45, 7) is 0. The minimum Gasteiger partial charge on any atom is -0.481 e. The van der Waals surface area contributed by atoms with E-state index in [0.717, 1.165) is 12.2 Å². The van der Waals surface area contributed by atoms with Gasteiger partial charge in [-0.2, -0.15) is 11.8 Å². The van der Waals surface area contributed by atoms with Crippen molar-refractivity contribution in [3.8, 4) is 0 Å². The Hall–Kier alpha value is -0.710. The molecule has 13 heavy (non-hydrogen) atoms. The molecule has 0 bridgehead atoms. The number of hydrogen-bond acceptors (Lipinski definition) is 4. The van der Waals surface area contributed by atoms with Gasteiger partial charge in [-0.3, -0.25) is 9.59 Å². The summed E-state index contributed by atoms with van der Waals surface area (Å²) in [6, 6.07) is 0. The molecule has 0 fully saturated rings. The van der Waals surface area contributed by atoms with Crippen molar-refractivity contribution in [2.75, 3.05) is 18.6 Å². The highest BCUT2D eigenvalue weighted by Gasteiger charge is 2.00. The molecule has 4 nitrogen and oxygen atoms in total. The van der Waals surface area contributed by atoms with Gasteiger partial charge in [0.25, 0.3) is 0 Å². The highest BCUT2D eigenvalue weighted by Crippen LogP contribution is 2.06. The largest absolute Gasteiger partial charge is 0.481 e. The van der Waals surface area contributed by atoms with E-state index in [1.54, 1.807) is 11.8 Å². The molecule has 0 saturated heterocycles. The van der Waals surface area contributed by atoms with Crippen molar-refractivity contribution in [1.29, 1.82) is 0 Å². The van der Waals surface area contributed by atoms with Crippen molar-refractivity contribution in [2.45, 2.75) is 19.3 Å². The van der Waals surface area contributed by atoms with Gasteiger partial charge in [0, 0.05) is 12.2 Å². The highest BCUT2D eigenvalue weighted by atomic mass is 32.2. The second-order valence-corrected chi connectivity index (χ2v) is 3.66. The average molecular weight is 206 g/mol. The maximum absolute atomic E-state index is 10.6. The van der Waals surface area contributed by atoms with Crippen molar-refractivity contribution < 1.29 is 19.4 Å². The van der Waals surface area contributed by atoms with E-state index < -0.39 is 5.97 Å². The number of hydrogen-bond donors (Lipinski definition) is 1. The summed E-state index contributed by atoms with van der Waals surface area (Å²) in [6.07, 6.45) is 1.34. The van der Waals surface area contributed by atoms with Gasteiger partial charge in [0.2, 0.25) is 0 Å². The van der Waals surface area contributed by atoms with E-state index in [1.165, 1.54) is 7.11 Å². The summed E-state index contributed by atoms with van der Waals surface area (Å²) in [4.78, 5) is 20.7. The minimum absolute atomic E-state index is 0.183. The molecule has 0 unspecified atom stereocenters. The van der Waals surface area contributed by atoms with Gasteiger partial charge in [-0.05, 0) is 12.2 Å². The monoisotopic (exact) mass is 206 g/mol. The van der Waals surface area contributed by atoms with Gasteiger partial charge in [-0.15, -0.1) is 0 Å². The molecule has 0 aliphatic rings. The lowest BCUT2D eigenvalue weighted by molar-refractivity contribution is -0.140. The summed E-state index contributed by atoms with van der Waals surface area (Å²) in [7, 11) is 1.36. The number of carboxylic acids is 1. The maximum Gasteiger partial charge on any atom is 0.305 e. The molecule has 1 N–H and O–H groups in total. The standard InChI is InChI=1S/C8H14O4S/c1-12-8(11)3-2-5-13-6-4-7(9)10/h2-6H2,1H3,(H,9,10). The summed E-state index contributed by atoms with van der Waals surface area (Å²) < 4.78 is 4.45. The van der Waals surface area contributed by atoms with Crippen molar-refractivity contribution in [1.82, 2.24) is 0 Å². The molecule has 0 aliphatic carbocycles. The summed E-state index contributed by atoms with van der Waals surface area (Å²) in [5, 5.41) is 8.31. The van der Waals surface area contributed by atoms with E-state index in [-0.39, 0.29) is 12.4 Å². The lowest BCUT2D eigenvalue weighted by Crippen LogP contribution is -2.01. The number of methoxy groups -OCH3 is 1. The van der Waals surface area contributed by atoms with Crippen LogP contribution in [0, 0.1) is 0 Å². The third-order valence-electron chi connectivity index (χ3n) is 1.36. The second kappa shape index (κ2) is 7.91. The van der Waals surface area contributed by atoms with E-state index in [1.807, 2.05) is 0 Å². The molecule has 0 atom stereocenters. The Morgan fingerprint density at radius 1 is 1.31 bits per heavy atom. The Kier molecular flexibility index (Phi) is 7.48. The smallest absolute Gasteiger partial charge is 0.305 e. The van der Waals surface area contributed by atoms with Crippen LogP contribution in [0.3, 0.4) is 0 Å². The molecular weight excluding hydrogens is 192 g/mol. The van der Waals surface area contributed by atoms with E-state index >= 15 is 0 Å². The summed E-state index contributed by atoms with van der Waals surface area (Å²) in [5.74, 6) is 0.429. The second-order valence-electron chi connectivity index (χ2n) is 2.44. The number of carbonyl (C=O) groups excluding carboxylic acids is 1. The molecular formula is C8H14O4S. The van der Waals surface area contributed by atoms with Gasteiger partial charge in [-0.25, -0.2) is 0 Å². The normalized spacial score (nSPS) is 9.62. The topological polar surface area (TPSA) is 63.6 Å². The zero-order valence-electron chi connectivity index (χ0n) is 7.62. The highest BCUT2D eigenvalue weighted by molar-refractivity contribution is 7.99. The van der Waals surface area contributed by atoms with Crippen LogP contribution in [0.4, 0.5) is 0 Å². The number of ether oxygens (including phenoxy) is 1. The molecule has 0 rings (SSSR count). The molecule has 0 aromatic rings. The van der Waals surface area contributed by atoms with E-state index in [9.17, 15) is 9.59 Å². The van der Waals surface area contributed by atoms with Crippen LogP contribution in [0.15, 0.2) is 0 Å². The van der Waals surface area contributed by atoms with Crippen LogP contribution in [0.1, 0.15) is 19.3 Å². The van der Waals surface area contributed by atoms with Crippen LogP contribution in [0.25, 0.3) is 0 Å². The van der Waals surface area contributed by atoms with Crippen molar-refractivity contribution in [3.05, 3.63) is 0 Å². The fourth-order valence-corrected chi connectivity index (χ4v) is 1.55. The van der Waals surface area contributed by atoms with E-state index in [2.05, 4.69) is 4.74 Å². The van der Waals surface area contributed by atoms with Crippen LogP contribution in [0.2, 0.25) is 0 Å². The van der Waals surface area contributed by atoms with Crippen LogP contribution in [-0.4, -0.2) is 35.7 Å². The first kappa shape index (κ1) is 12.3. The Balaban J connectivity index is 3.08. The first-order chi connectivity index (χ1) is 6.16. The van der Waals surface area contributed by atoms with Gasteiger partial charge in [0.15, 0.2) is 0 Å². The number of carbonyl (C=O) groups is 2. The van der Waals surface area contributed by atoms with Gasteiger partial charge in [0.05, 0.1) is 13.5 Å². The zero-order valence-corrected chi connectivity index (χ0v) is 8.43. The first-order valence-corrected chi connectivity index (χ1v) is 5.18. The molecule has 0 heterocycles. The Morgan fingerprint density at radius 2 is 2.00 bits per heavy atom. The third-order valence-corrected chi connectivity index (χ3v) is 2.43. The van der Waals surface area contributed by atoms with Crippen LogP contribution < -0.4 is 0 Å². The lowest BCUT2D eigenvalue weighted by atomic mass is 10.3. The first-order valence-electron chi connectivity index (χ1n) is 4.03. The number of thioether (sulfide) groups is 1. The molecule has 5 heteroatoms. The van der Waals surface area contributed by atoms with Gasteiger partial charge in [0.1, 0.15) is 0 Å². The Bertz CT molecular complexity index is 170. The predicted molar refractivity (Wildman–Crippen MR) is 50.8 cm³/mol. The number of aliphatic carboxylic acids is 1. The zero-order chi connectivity index (χ0) is 10.1. The van der Waals surface area contributed by atoms with Gasteiger partial charge in [-0.1, -0.05) is 0 Å². The third kappa shape index (κ3) is 9.20. The molecule has 0 spiro atoms. The van der Waals surface area contributed by atoms with Crippen molar-refractivity contribution >= 4 is 23.7 Å². The molecule has 76 valence electrons. The maximum atomic E-state index is 10.6. The fourth-order valence-electron chi connectivity index (χ4n) is 0.682. The lowest BCUT2D eigenvalue weighted by Gasteiger charge is -1.99. The average Bonchev–Trinajstić information content (AvgIpc) is 2.10. The quantitative estimate of drug-likeness (QED) is 0.500. The molecule has 0 aliphatic heterocycles. The van der Waals surface area contributed by atoms with Crippen molar-refractivity contribution in [3.63, 3.8) is 0 Å². The van der Waals surface area contributed by atoms with Crippen molar-refractivity contribution in [2.24, 2.45) is 0 Å². The van der Waals surface area contributed by atoms with E-state index in [4.69, 9.17) is 5.11 Å². The predicted octanol–water partition coefficient (Wildman–Crippen LogP) is 1.15. The molecule has 0 saturated carbocycles. The molecule has 0 radical (unpaired) electrons. The number of rotatable bonds is 7. The fraction of sp³-hybridized carbons (Fsp3) is 0.750. The molecule has 0 aromatic heterocycles. The Morgan fingerprint density at radius 3 is 2.54 bits per heavy atom. The van der Waals surface area contributed by atoms with E-state index in [0.29, 0.717) is 12.2 Å². The Labute approximate surface area is 81.6 Å². The van der Waals surface area contributed by atoms with Gasteiger partial charge >= 0.3 is 11.9 Å². The molecule has 0 aromatic carbocycles. The SMILES string of the molecule is COC(=O)CCCSCCC(=O)O. The van der Waals surface area contributed by atoms with Crippen LogP contribution in [0.5, 0.6) is 0 Å². The van der Waals surface area contributed by atoms with Crippen LogP contribution >= 0.6 is 11.8 Å². The van der Waals surface area contributed by atoms with Gasteiger partial charge < -0.3 is 9.84 Å². The number of carboxylic acid groups (broad SMARTS) is 1. The number of esters is 1. The molecule has 0 amide bonds. The minimum atomic E-state index is -0.777. The van der Waals surface area contributed by atoms with Crippen LogP contribution in [-0.2, 0) is 14.3 Å². The summed E-state index contributed by atoms with van der Waals surface area (Å²) >= 11 is 1.55.